The summed E-state index contributed by atoms with van der Waals surface area (Å²) in [6.07, 6.45) is 0. The first kappa shape index (κ1) is 15.1. The highest BCUT2D eigenvalue weighted by molar-refractivity contribution is 9.10. The molecular formula is C13H8BrCl2FN2O. The van der Waals surface area contributed by atoms with Crippen LogP contribution in [0.4, 0.5) is 15.8 Å². The Hall–Kier alpha value is -1.30. The van der Waals surface area contributed by atoms with Gasteiger partial charge in [-0.2, -0.15) is 0 Å². The maximum absolute atomic E-state index is 13.1. The lowest BCUT2D eigenvalue weighted by Gasteiger charge is -2.08. The van der Waals surface area contributed by atoms with Gasteiger partial charge in [0.2, 0.25) is 0 Å². The van der Waals surface area contributed by atoms with Crippen LogP contribution in [0.2, 0.25) is 10.0 Å². The maximum atomic E-state index is 13.1. The largest absolute Gasteiger partial charge is 0.396 e. The highest BCUT2D eigenvalue weighted by atomic mass is 79.9. The number of amides is 1. The second kappa shape index (κ2) is 5.99. The Labute approximate surface area is 133 Å². The number of nitrogen functional groups attached to an aromatic ring is 1. The molecule has 0 radical (unpaired) electrons. The lowest BCUT2D eigenvalue weighted by Crippen LogP contribution is -2.12. The Morgan fingerprint density at radius 2 is 1.80 bits per heavy atom. The van der Waals surface area contributed by atoms with E-state index in [4.69, 9.17) is 28.9 Å². The summed E-state index contributed by atoms with van der Waals surface area (Å²) in [6, 6.07) is 6.96. The van der Waals surface area contributed by atoms with Crippen LogP contribution in [0.1, 0.15) is 10.4 Å². The maximum Gasteiger partial charge on any atom is 0.255 e. The zero-order valence-electron chi connectivity index (χ0n) is 9.88. The van der Waals surface area contributed by atoms with Crippen LogP contribution in [0.25, 0.3) is 0 Å². The molecule has 0 unspecified atom stereocenters. The summed E-state index contributed by atoms with van der Waals surface area (Å²) >= 11 is 14.8. The van der Waals surface area contributed by atoms with E-state index >= 15 is 0 Å². The number of halogens is 4. The quantitative estimate of drug-likeness (QED) is 0.743. The lowest BCUT2D eigenvalue weighted by molar-refractivity contribution is 0.102. The molecule has 0 spiro atoms. The molecule has 3 N–H and O–H groups in total. The van der Waals surface area contributed by atoms with E-state index < -0.39 is 11.7 Å². The van der Waals surface area contributed by atoms with Crippen molar-refractivity contribution < 1.29 is 9.18 Å². The third kappa shape index (κ3) is 3.23. The van der Waals surface area contributed by atoms with Crippen molar-refractivity contribution in [1.29, 1.82) is 0 Å². The fourth-order valence-corrected chi connectivity index (χ4v) is 2.36. The SMILES string of the molecule is Nc1c(Cl)cc(C(=O)Nc2ccc(F)c(Br)c2)cc1Cl. The van der Waals surface area contributed by atoms with Gasteiger partial charge in [0.1, 0.15) is 5.82 Å². The molecule has 104 valence electrons. The second-order valence-electron chi connectivity index (χ2n) is 3.94. The van der Waals surface area contributed by atoms with Crippen LogP contribution in [0.15, 0.2) is 34.8 Å². The fraction of sp³-hybridized carbons (Fsp3) is 0. The lowest BCUT2D eigenvalue weighted by atomic mass is 10.2. The predicted octanol–water partition coefficient (Wildman–Crippen LogP) is 4.73. The van der Waals surface area contributed by atoms with Crippen molar-refractivity contribution in [3.8, 4) is 0 Å². The number of benzene rings is 2. The average Bonchev–Trinajstić information content (AvgIpc) is 2.39. The van der Waals surface area contributed by atoms with Gasteiger partial charge in [0.25, 0.3) is 5.91 Å². The second-order valence-corrected chi connectivity index (χ2v) is 5.61. The zero-order valence-corrected chi connectivity index (χ0v) is 13.0. The Morgan fingerprint density at radius 1 is 1.20 bits per heavy atom. The van der Waals surface area contributed by atoms with Gasteiger partial charge in [-0.25, -0.2) is 4.39 Å². The number of hydrogen-bond donors (Lipinski definition) is 2. The summed E-state index contributed by atoms with van der Waals surface area (Å²) in [5, 5.41) is 3.00. The molecule has 1 amide bonds. The summed E-state index contributed by atoms with van der Waals surface area (Å²) in [5.74, 6) is -0.839. The molecule has 0 fully saturated rings. The van der Waals surface area contributed by atoms with Crippen LogP contribution in [-0.2, 0) is 0 Å². The number of anilines is 2. The van der Waals surface area contributed by atoms with Crippen molar-refractivity contribution in [3.63, 3.8) is 0 Å². The van der Waals surface area contributed by atoms with Crippen LogP contribution in [-0.4, -0.2) is 5.91 Å². The van der Waals surface area contributed by atoms with Crippen LogP contribution >= 0.6 is 39.1 Å². The molecule has 7 heteroatoms. The molecule has 3 nitrogen and oxygen atoms in total. The predicted molar refractivity (Wildman–Crippen MR) is 82.9 cm³/mol. The van der Waals surface area contributed by atoms with Gasteiger partial charge in [-0.1, -0.05) is 23.2 Å². The summed E-state index contributed by atoms with van der Waals surface area (Å²) < 4.78 is 13.4. The standard InChI is InChI=1S/C13H8BrCl2FN2O/c14-8-5-7(1-2-11(8)17)19-13(20)6-3-9(15)12(18)10(16)4-6/h1-5H,18H2,(H,19,20). The van der Waals surface area contributed by atoms with Gasteiger partial charge in [0.15, 0.2) is 0 Å². The van der Waals surface area contributed by atoms with E-state index in [0.29, 0.717) is 5.69 Å². The highest BCUT2D eigenvalue weighted by Crippen LogP contribution is 2.29. The van der Waals surface area contributed by atoms with Gasteiger partial charge in [0.05, 0.1) is 20.2 Å². The first-order valence-electron chi connectivity index (χ1n) is 5.39. The van der Waals surface area contributed by atoms with Crippen LogP contribution in [0.3, 0.4) is 0 Å². The minimum atomic E-state index is -0.424. The smallest absolute Gasteiger partial charge is 0.255 e. The van der Waals surface area contributed by atoms with Crippen molar-refractivity contribution in [1.82, 2.24) is 0 Å². The van der Waals surface area contributed by atoms with Crippen molar-refractivity contribution in [2.45, 2.75) is 0 Å². The number of carbonyl (C=O) groups excluding carboxylic acids is 1. The summed E-state index contributed by atoms with van der Waals surface area (Å²) in [5.41, 5.74) is 6.51. The van der Waals surface area contributed by atoms with Crippen molar-refractivity contribution in [2.75, 3.05) is 11.1 Å². The molecule has 2 aromatic carbocycles. The molecule has 0 aromatic heterocycles. The van der Waals surface area contributed by atoms with Crippen molar-refractivity contribution in [3.05, 3.63) is 56.2 Å². The number of nitrogens with two attached hydrogens (primary N) is 1. The fourth-order valence-electron chi connectivity index (χ4n) is 1.49. The Bertz CT molecular complexity index is 671. The first-order chi connectivity index (χ1) is 9.38. The molecular weight excluding hydrogens is 370 g/mol. The molecule has 0 heterocycles. The number of carbonyl (C=O) groups is 1. The monoisotopic (exact) mass is 376 g/mol. The molecule has 0 aliphatic heterocycles. The number of hydrogen-bond acceptors (Lipinski definition) is 2. The van der Waals surface area contributed by atoms with Crippen molar-refractivity contribution in [2.24, 2.45) is 0 Å². The van der Waals surface area contributed by atoms with E-state index in [1.165, 1.54) is 30.3 Å². The molecule has 2 aromatic rings. The van der Waals surface area contributed by atoms with Crippen LogP contribution in [0, 0.1) is 5.82 Å². The van der Waals surface area contributed by atoms with Gasteiger partial charge >= 0.3 is 0 Å². The average molecular weight is 378 g/mol. The van der Waals surface area contributed by atoms with Gasteiger partial charge in [-0.15, -0.1) is 0 Å². The summed E-state index contributed by atoms with van der Waals surface area (Å²) in [7, 11) is 0. The van der Waals surface area contributed by atoms with Crippen LogP contribution < -0.4 is 11.1 Å². The molecule has 20 heavy (non-hydrogen) atoms. The van der Waals surface area contributed by atoms with Gasteiger partial charge < -0.3 is 11.1 Å². The zero-order chi connectivity index (χ0) is 14.9. The molecule has 0 aliphatic rings. The van der Waals surface area contributed by atoms with E-state index in [-0.39, 0.29) is 25.8 Å². The molecule has 0 saturated heterocycles. The van der Waals surface area contributed by atoms with E-state index in [1.54, 1.807) is 0 Å². The highest BCUT2D eigenvalue weighted by Gasteiger charge is 2.12. The summed E-state index contributed by atoms with van der Waals surface area (Å²) in [4.78, 5) is 12.0. The van der Waals surface area contributed by atoms with E-state index in [1.807, 2.05) is 0 Å². The number of rotatable bonds is 2. The van der Waals surface area contributed by atoms with E-state index in [2.05, 4.69) is 21.2 Å². The first-order valence-corrected chi connectivity index (χ1v) is 6.94. The van der Waals surface area contributed by atoms with Gasteiger partial charge in [-0.3, -0.25) is 4.79 Å². The minimum absolute atomic E-state index is 0.197. The van der Waals surface area contributed by atoms with Crippen molar-refractivity contribution >= 4 is 56.4 Å². The number of nitrogens with one attached hydrogen (secondary N) is 1. The topological polar surface area (TPSA) is 55.1 Å². The molecule has 0 saturated carbocycles. The Kier molecular flexibility index (Phi) is 4.52. The molecule has 0 aliphatic carbocycles. The summed E-state index contributed by atoms with van der Waals surface area (Å²) in [6.45, 7) is 0. The molecule has 0 atom stereocenters. The van der Waals surface area contributed by atoms with Gasteiger partial charge in [-0.05, 0) is 46.3 Å². The Balaban J connectivity index is 2.26. The third-order valence-corrected chi connectivity index (χ3v) is 3.75. The Morgan fingerprint density at radius 3 is 2.35 bits per heavy atom. The molecule has 0 bridgehead atoms. The van der Waals surface area contributed by atoms with Gasteiger partial charge in [0, 0.05) is 11.3 Å². The molecule has 2 rings (SSSR count). The normalized spacial score (nSPS) is 10.4. The minimum Gasteiger partial charge on any atom is -0.396 e. The third-order valence-electron chi connectivity index (χ3n) is 2.52. The van der Waals surface area contributed by atoms with E-state index in [9.17, 15) is 9.18 Å². The van der Waals surface area contributed by atoms with E-state index in [0.717, 1.165) is 0 Å². The van der Waals surface area contributed by atoms with Crippen LogP contribution in [0.5, 0.6) is 0 Å².